The third-order valence-electron chi connectivity index (χ3n) is 2.89. The number of benzene rings is 1. The van der Waals surface area contributed by atoms with E-state index >= 15 is 0 Å². The third kappa shape index (κ3) is 2.99. The number of anilines is 1. The number of ether oxygens (including phenoxy) is 2. The molecule has 22 heavy (non-hydrogen) atoms. The van der Waals surface area contributed by atoms with Crippen molar-refractivity contribution >= 4 is 17.1 Å². The van der Waals surface area contributed by atoms with E-state index in [0.29, 0.717) is 0 Å². The molecule has 1 aliphatic rings. The molecule has 120 valence electrons. The summed E-state index contributed by atoms with van der Waals surface area (Å²) in [6.07, 6.45) is -1.17. The molecular formula is C11H13N3O8. The zero-order valence-corrected chi connectivity index (χ0v) is 11.2. The van der Waals surface area contributed by atoms with Crippen LogP contribution >= 0.6 is 0 Å². The van der Waals surface area contributed by atoms with Gasteiger partial charge in [0.25, 0.3) is 0 Å². The average molecular weight is 315 g/mol. The molecule has 2 rings (SSSR count). The number of nitro benzene ring substituents is 2. The van der Waals surface area contributed by atoms with Crippen molar-refractivity contribution in [1.82, 2.24) is 0 Å². The Labute approximate surface area is 123 Å². The maximum absolute atomic E-state index is 11.2. The molecular weight excluding hydrogens is 302 g/mol. The molecule has 1 aromatic rings. The quantitative estimate of drug-likeness (QED) is 0.486. The second-order valence-electron chi connectivity index (χ2n) is 4.38. The Morgan fingerprint density at radius 1 is 1.23 bits per heavy atom. The van der Waals surface area contributed by atoms with E-state index in [1.165, 1.54) is 6.07 Å². The van der Waals surface area contributed by atoms with Gasteiger partial charge in [-0.2, -0.15) is 0 Å². The van der Waals surface area contributed by atoms with Gasteiger partial charge in [0.05, 0.1) is 22.6 Å². The lowest BCUT2D eigenvalue weighted by Gasteiger charge is -2.19. The van der Waals surface area contributed by atoms with Gasteiger partial charge in [-0.1, -0.05) is 0 Å². The standard InChI is InChI=1S/C11H13N3O8/c15-5-6(16)4-12-7-3-8-11(22-2-1-21-8)10(14(19)20)9(7)13(17)18/h3,6,12,15-16H,1-2,4-5H2. The van der Waals surface area contributed by atoms with Gasteiger partial charge < -0.3 is 25.0 Å². The predicted molar refractivity (Wildman–Crippen MR) is 72.3 cm³/mol. The van der Waals surface area contributed by atoms with Gasteiger partial charge in [-0.25, -0.2) is 0 Å². The number of fused-ring (bicyclic) bond motifs is 1. The van der Waals surface area contributed by atoms with Gasteiger partial charge in [-0.05, 0) is 0 Å². The Morgan fingerprint density at radius 2 is 1.86 bits per heavy atom. The van der Waals surface area contributed by atoms with Crippen LogP contribution in [0.5, 0.6) is 11.5 Å². The highest BCUT2D eigenvalue weighted by molar-refractivity contribution is 5.80. The summed E-state index contributed by atoms with van der Waals surface area (Å²) in [6, 6.07) is 1.20. The van der Waals surface area contributed by atoms with Crippen LogP contribution in [0.4, 0.5) is 17.1 Å². The van der Waals surface area contributed by atoms with Gasteiger partial charge in [-0.15, -0.1) is 0 Å². The van der Waals surface area contributed by atoms with Gasteiger partial charge in [0, 0.05) is 12.6 Å². The molecule has 1 atom stereocenters. The van der Waals surface area contributed by atoms with E-state index in [4.69, 9.17) is 14.6 Å². The molecule has 1 aliphatic heterocycles. The highest BCUT2D eigenvalue weighted by atomic mass is 16.6. The molecule has 0 fully saturated rings. The van der Waals surface area contributed by atoms with Crippen molar-refractivity contribution < 1.29 is 29.5 Å². The molecule has 0 amide bonds. The highest BCUT2D eigenvalue weighted by Gasteiger charge is 2.38. The smallest absolute Gasteiger partial charge is 0.393 e. The predicted octanol–water partition coefficient (Wildman–Crippen LogP) is 0.0393. The van der Waals surface area contributed by atoms with Gasteiger partial charge >= 0.3 is 11.4 Å². The molecule has 0 aromatic heterocycles. The summed E-state index contributed by atoms with van der Waals surface area (Å²) in [4.78, 5) is 20.6. The fraction of sp³-hybridized carbons (Fsp3) is 0.455. The zero-order valence-electron chi connectivity index (χ0n) is 11.2. The monoisotopic (exact) mass is 315 g/mol. The summed E-state index contributed by atoms with van der Waals surface area (Å²) in [5.74, 6) is -0.291. The van der Waals surface area contributed by atoms with E-state index in [-0.39, 0.29) is 36.9 Å². The Morgan fingerprint density at radius 3 is 2.45 bits per heavy atom. The van der Waals surface area contributed by atoms with E-state index in [0.717, 1.165) is 0 Å². The summed E-state index contributed by atoms with van der Waals surface area (Å²) in [7, 11) is 0. The molecule has 0 radical (unpaired) electrons. The lowest BCUT2D eigenvalue weighted by Crippen LogP contribution is -2.24. The minimum absolute atomic E-state index is 0.00420. The Hall–Kier alpha value is -2.66. The first-order valence-electron chi connectivity index (χ1n) is 6.23. The van der Waals surface area contributed by atoms with Crippen LogP contribution in [0.3, 0.4) is 0 Å². The second-order valence-corrected chi connectivity index (χ2v) is 4.38. The number of nitro groups is 2. The maximum atomic E-state index is 11.2. The molecule has 0 saturated heterocycles. The van der Waals surface area contributed by atoms with E-state index < -0.39 is 33.9 Å². The van der Waals surface area contributed by atoms with Crippen LogP contribution in [-0.4, -0.2) is 52.5 Å². The SMILES string of the molecule is O=[N+]([O-])c1c(NCC(O)CO)cc2c(c1[N+](=O)[O-])OCCO2. The molecule has 0 aliphatic carbocycles. The molecule has 0 saturated carbocycles. The van der Waals surface area contributed by atoms with Crippen molar-refractivity contribution in [3.05, 3.63) is 26.3 Å². The lowest BCUT2D eigenvalue weighted by molar-refractivity contribution is -0.422. The number of hydrogen-bond acceptors (Lipinski definition) is 9. The van der Waals surface area contributed by atoms with Crippen molar-refractivity contribution in [3.8, 4) is 11.5 Å². The Kier molecular flexibility index (Phi) is 4.58. The van der Waals surface area contributed by atoms with Crippen LogP contribution in [0.25, 0.3) is 0 Å². The largest absolute Gasteiger partial charge is 0.486 e. The molecule has 11 heteroatoms. The molecule has 3 N–H and O–H groups in total. The van der Waals surface area contributed by atoms with Crippen LogP contribution in [0.2, 0.25) is 0 Å². The van der Waals surface area contributed by atoms with Crippen LogP contribution in [0.15, 0.2) is 6.07 Å². The number of rotatable bonds is 6. The summed E-state index contributed by atoms with van der Waals surface area (Å²) in [5.41, 5.74) is -1.81. The summed E-state index contributed by atoms with van der Waals surface area (Å²) < 4.78 is 10.3. The van der Waals surface area contributed by atoms with Crippen LogP contribution < -0.4 is 14.8 Å². The minimum Gasteiger partial charge on any atom is -0.486 e. The Balaban J connectivity index is 2.54. The van der Waals surface area contributed by atoms with Crippen molar-refractivity contribution in [1.29, 1.82) is 0 Å². The summed E-state index contributed by atoms with van der Waals surface area (Å²) in [6.45, 7) is -0.594. The zero-order chi connectivity index (χ0) is 16.3. The van der Waals surface area contributed by atoms with E-state index in [1.54, 1.807) is 0 Å². The number of nitrogens with one attached hydrogen (secondary N) is 1. The van der Waals surface area contributed by atoms with Gasteiger partial charge in [0.2, 0.25) is 5.75 Å². The molecule has 11 nitrogen and oxygen atoms in total. The highest BCUT2D eigenvalue weighted by Crippen LogP contribution is 2.49. The summed E-state index contributed by atoms with van der Waals surface area (Å²) in [5, 5.41) is 42.9. The molecule has 0 spiro atoms. The average Bonchev–Trinajstić information content (AvgIpc) is 2.50. The molecule has 1 unspecified atom stereocenters. The van der Waals surface area contributed by atoms with Gasteiger partial charge in [0.1, 0.15) is 18.9 Å². The molecule has 0 bridgehead atoms. The first kappa shape index (κ1) is 15.7. The van der Waals surface area contributed by atoms with E-state index in [1.807, 2.05) is 0 Å². The molecule has 1 heterocycles. The van der Waals surface area contributed by atoms with Gasteiger partial charge in [0.15, 0.2) is 5.75 Å². The first-order valence-corrected chi connectivity index (χ1v) is 6.23. The minimum atomic E-state index is -1.17. The second kappa shape index (κ2) is 6.41. The fourth-order valence-corrected chi connectivity index (χ4v) is 1.94. The van der Waals surface area contributed by atoms with E-state index in [9.17, 15) is 25.3 Å². The topological polar surface area (TPSA) is 157 Å². The van der Waals surface area contributed by atoms with Crippen LogP contribution in [-0.2, 0) is 0 Å². The van der Waals surface area contributed by atoms with Crippen molar-refractivity contribution in [2.24, 2.45) is 0 Å². The first-order chi connectivity index (χ1) is 10.5. The van der Waals surface area contributed by atoms with Crippen LogP contribution in [0, 0.1) is 20.2 Å². The fourth-order valence-electron chi connectivity index (χ4n) is 1.94. The summed E-state index contributed by atoms with van der Waals surface area (Å²) >= 11 is 0. The Bertz CT molecular complexity index is 605. The van der Waals surface area contributed by atoms with Crippen molar-refractivity contribution in [2.75, 3.05) is 31.7 Å². The third-order valence-corrected chi connectivity index (χ3v) is 2.89. The maximum Gasteiger partial charge on any atom is 0.393 e. The molecule has 1 aromatic carbocycles. The van der Waals surface area contributed by atoms with Crippen LogP contribution in [0.1, 0.15) is 0 Å². The lowest BCUT2D eigenvalue weighted by atomic mass is 10.1. The number of aliphatic hydroxyl groups excluding tert-OH is 2. The van der Waals surface area contributed by atoms with E-state index in [2.05, 4.69) is 5.32 Å². The normalized spacial score (nSPS) is 14.3. The number of hydrogen-bond donors (Lipinski definition) is 3. The number of aliphatic hydroxyl groups is 2. The van der Waals surface area contributed by atoms with Crippen molar-refractivity contribution in [2.45, 2.75) is 6.10 Å². The van der Waals surface area contributed by atoms with Crippen molar-refractivity contribution in [3.63, 3.8) is 0 Å². The van der Waals surface area contributed by atoms with Gasteiger partial charge in [-0.3, -0.25) is 20.2 Å². The number of nitrogens with zero attached hydrogens (tertiary/aromatic N) is 2.